The number of benzene rings is 1. The Kier molecular flexibility index (Phi) is 5.91. The van der Waals surface area contributed by atoms with Crippen molar-refractivity contribution in [3.63, 3.8) is 0 Å². The molecule has 1 N–H and O–H groups in total. The first kappa shape index (κ1) is 15.8. The van der Waals surface area contributed by atoms with Crippen molar-refractivity contribution in [2.75, 3.05) is 25.0 Å². The Morgan fingerprint density at radius 2 is 2.25 bits per heavy atom. The molecule has 3 heteroatoms. The molecule has 0 radical (unpaired) electrons. The van der Waals surface area contributed by atoms with Gasteiger partial charge >= 0.3 is 0 Å². The van der Waals surface area contributed by atoms with Crippen LogP contribution in [0, 0.1) is 12.8 Å². The summed E-state index contributed by atoms with van der Waals surface area (Å²) in [5.74, 6) is 0.760. The molecule has 0 saturated carbocycles. The molecule has 1 aromatic rings. The molecule has 20 heavy (non-hydrogen) atoms. The summed E-state index contributed by atoms with van der Waals surface area (Å²) >= 11 is 3.61. The van der Waals surface area contributed by atoms with Crippen LogP contribution in [0.2, 0.25) is 0 Å². The number of likely N-dealkylation sites (tertiary alicyclic amines) is 1. The van der Waals surface area contributed by atoms with Crippen LogP contribution in [0.3, 0.4) is 0 Å². The highest BCUT2D eigenvalue weighted by Gasteiger charge is 2.24. The minimum absolute atomic E-state index is 0.532. The second-order valence-corrected chi connectivity index (χ2v) is 6.95. The number of aryl methyl sites for hydroxylation is 1. The molecule has 0 spiro atoms. The Morgan fingerprint density at radius 3 is 2.95 bits per heavy atom. The molecule has 1 heterocycles. The summed E-state index contributed by atoms with van der Waals surface area (Å²) in [6.07, 6.45) is 3.95. The minimum Gasteiger partial charge on any atom is -0.382 e. The van der Waals surface area contributed by atoms with Crippen LogP contribution in [0.15, 0.2) is 22.7 Å². The van der Waals surface area contributed by atoms with E-state index in [1.807, 2.05) is 0 Å². The van der Waals surface area contributed by atoms with E-state index < -0.39 is 0 Å². The van der Waals surface area contributed by atoms with E-state index in [1.54, 1.807) is 0 Å². The predicted octanol–water partition coefficient (Wildman–Crippen LogP) is 4.68. The SMILES string of the molecule is CCCN1CCCC(C(C)Nc2ccc(C)c(Br)c2)C1. The van der Waals surface area contributed by atoms with Crippen molar-refractivity contribution >= 4 is 21.6 Å². The Balaban J connectivity index is 1.93. The second kappa shape index (κ2) is 7.46. The summed E-state index contributed by atoms with van der Waals surface area (Å²) in [4.78, 5) is 2.62. The van der Waals surface area contributed by atoms with Crippen LogP contribution in [0.25, 0.3) is 0 Å². The van der Waals surface area contributed by atoms with Crippen LogP contribution in [0.5, 0.6) is 0 Å². The lowest BCUT2D eigenvalue weighted by atomic mass is 9.91. The summed E-state index contributed by atoms with van der Waals surface area (Å²) in [5, 5.41) is 3.69. The van der Waals surface area contributed by atoms with Crippen LogP contribution in [-0.4, -0.2) is 30.6 Å². The molecule has 2 atom stereocenters. The van der Waals surface area contributed by atoms with Gasteiger partial charge in [-0.2, -0.15) is 0 Å². The standard InChI is InChI=1S/C17H27BrN2/c1-4-9-20-10-5-6-15(12-20)14(3)19-16-8-7-13(2)17(18)11-16/h7-8,11,14-15,19H,4-6,9-10,12H2,1-3H3. The zero-order valence-electron chi connectivity index (χ0n) is 13.0. The Morgan fingerprint density at radius 1 is 1.45 bits per heavy atom. The Labute approximate surface area is 132 Å². The maximum absolute atomic E-state index is 3.69. The van der Waals surface area contributed by atoms with Crippen LogP contribution in [0.1, 0.15) is 38.7 Å². The van der Waals surface area contributed by atoms with Crippen LogP contribution >= 0.6 is 15.9 Å². The highest BCUT2D eigenvalue weighted by atomic mass is 79.9. The summed E-state index contributed by atoms with van der Waals surface area (Å²) in [6.45, 7) is 10.5. The first-order chi connectivity index (χ1) is 9.60. The molecule has 1 aliphatic heterocycles. The first-order valence-electron chi connectivity index (χ1n) is 7.85. The van der Waals surface area contributed by atoms with Gasteiger partial charge in [0.2, 0.25) is 0 Å². The van der Waals surface area contributed by atoms with Gasteiger partial charge in [-0.05, 0) is 69.8 Å². The Hall–Kier alpha value is -0.540. The molecule has 0 amide bonds. The highest BCUT2D eigenvalue weighted by molar-refractivity contribution is 9.10. The van der Waals surface area contributed by atoms with Crippen LogP contribution in [-0.2, 0) is 0 Å². The summed E-state index contributed by atoms with van der Waals surface area (Å²) in [6, 6.07) is 7.08. The van der Waals surface area contributed by atoms with Gasteiger partial charge in [0, 0.05) is 22.7 Å². The van der Waals surface area contributed by atoms with E-state index in [-0.39, 0.29) is 0 Å². The van der Waals surface area contributed by atoms with E-state index in [9.17, 15) is 0 Å². The normalized spacial score (nSPS) is 21.7. The molecule has 1 saturated heterocycles. The fourth-order valence-electron chi connectivity index (χ4n) is 3.08. The first-order valence-corrected chi connectivity index (χ1v) is 8.64. The smallest absolute Gasteiger partial charge is 0.0353 e. The molecule has 2 rings (SSSR count). The minimum atomic E-state index is 0.532. The third kappa shape index (κ3) is 4.23. The molecule has 0 bridgehead atoms. The molecule has 2 nitrogen and oxygen atoms in total. The fraction of sp³-hybridized carbons (Fsp3) is 0.647. The van der Waals surface area contributed by atoms with Gasteiger partial charge in [0.15, 0.2) is 0 Å². The lowest BCUT2D eigenvalue weighted by Crippen LogP contribution is -2.42. The largest absolute Gasteiger partial charge is 0.382 e. The van der Waals surface area contributed by atoms with Gasteiger partial charge in [0.1, 0.15) is 0 Å². The molecule has 1 aromatic carbocycles. The van der Waals surface area contributed by atoms with Gasteiger partial charge in [-0.1, -0.05) is 28.9 Å². The molecular formula is C17H27BrN2. The number of anilines is 1. The molecule has 2 unspecified atom stereocenters. The fourth-order valence-corrected chi connectivity index (χ4v) is 3.46. The number of rotatable bonds is 5. The van der Waals surface area contributed by atoms with Crippen molar-refractivity contribution in [1.29, 1.82) is 0 Å². The number of hydrogen-bond acceptors (Lipinski definition) is 2. The van der Waals surface area contributed by atoms with Crippen molar-refractivity contribution < 1.29 is 0 Å². The number of nitrogens with one attached hydrogen (secondary N) is 1. The van der Waals surface area contributed by atoms with E-state index in [1.165, 1.54) is 54.6 Å². The van der Waals surface area contributed by atoms with Crippen molar-refractivity contribution in [2.24, 2.45) is 5.92 Å². The van der Waals surface area contributed by atoms with E-state index in [0.717, 1.165) is 5.92 Å². The van der Waals surface area contributed by atoms with E-state index in [4.69, 9.17) is 0 Å². The maximum atomic E-state index is 3.69. The van der Waals surface area contributed by atoms with E-state index in [0.29, 0.717) is 6.04 Å². The maximum Gasteiger partial charge on any atom is 0.0353 e. The zero-order chi connectivity index (χ0) is 14.5. The number of hydrogen-bond donors (Lipinski definition) is 1. The third-order valence-electron chi connectivity index (χ3n) is 4.36. The van der Waals surface area contributed by atoms with Gasteiger partial charge < -0.3 is 10.2 Å². The third-order valence-corrected chi connectivity index (χ3v) is 5.21. The summed E-state index contributed by atoms with van der Waals surface area (Å²) in [7, 11) is 0. The van der Waals surface area contributed by atoms with E-state index >= 15 is 0 Å². The van der Waals surface area contributed by atoms with Gasteiger partial charge in [0.05, 0.1) is 0 Å². The van der Waals surface area contributed by atoms with Crippen molar-refractivity contribution in [1.82, 2.24) is 4.90 Å². The Bertz CT molecular complexity index is 431. The van der Waals surface area contributed by atoms with Crippen molar-refractivity contribution in [3.8, 4) is 0 Å². The van der Waals surface area contributed by atoms with Crippen LogP contribution < -0.4 is 5.32 Å². The highest BCUT2D eigenvalue weighted by Crippen LogP contribution is 2.25. The van der Waals surface area contributed by atoms with Gasteiger partial charge in [0.25, 0.3) is 0 Å². The molecule has 0 aliphatic carbocycles. The summed E-state index contributed by atoms with van der Waals surface area (Å²) < 4.78 is 1.19. The molecule has 112 valence electrons. The van der Waals surface area contributed by atoms with E-state index in [2.05, 4.69) is 65.1 Å². The second-order valence-electron chi connectivity index (χ2n) is 6.10. The average molecular weight is 339 g/mol. The molecule has 0 aromatic heterocycles. The van der Waals surface area contributed by atoms with Gasteiger partial charge in [-0.15, -0.1) is 0 Å². The molecule has 1 aliphatic rings. The quantitative estimate of drug-likeness (QED) is 0.838. The van der Waals surface area contributed by atoms with Crippen molar-refractivity contribution in [3.05, 3.63) is 28.2 Å². The monoisotopic (exact) mass is 338 g/mol. The number of halogens is 1. The summed E-state index contributed by atoms with van der Waals surface area (Å²) in [5.41, 5.74) is 2.51. The zero-order valence-corrected chi connectivity index (χ0v) is 14.5. The lowest BCUT2D eigenvalue weighted by Gasteiger charge is -2.36. The molecule has 1 fully saturated rings. The topological polar surface area (TPSA) is 15.3 Å². The van der Waals surface area contributed by atoms with Gasteiger partial charge in [-0.25, -0.2) is 0 Å². The average Bonchev–Trinajstić information content (AvgIpc) is 2.43. The lowest BCUT2D eigenvalue weighted by molar-refractivity contribution is 0.165. The number of piperidine rings is 1. The van der Waals surface area contributed by atoms with Crippen LogP contribution in [0.4, 0.5) is 5.69 Å². The molecular weight excluding hydrogens is 312 g/mol. The predicted molar refractivity (Wildman–Crippen MR) is 91.4 cm³/mol. The van der Waals surface area contributed by atoms with Crippen molar-refractivity contribution in [2.45, 2.75) is 46.1 Å². The van der Waals surface area contributed by atoms with Gasteiger partial charge in [-0.3, -0.25) is 0 Å². The number of nitrogens with zero attached hydrogens (tertiary/aromatic N) is 1.